The summed E-state index contributed by atoms with van der Waals surface area (Å²) < 4.78 is 0. The molecule has 0 aliphatic rings. The highest BCUT2D eigenvalue weighted by Crippen LogP contribution is 2.01. The predicted molar refractivity (Wildman–Crippen MR) is 41.4 cm³/mol. The number of hydrogen-bond acceptors (Lipinski definition) is 4. The fourth-order valence-corrected chi connectivity index (χ4v) is 0.858. The van der Waals surface area contributed by atoms with Gasteiger partial charge in [-0.1, -0.05) is 0 Å². The third-order valence-electron chi connectivity index (χ3n) is 0.768. The van der Waals surface area contributed by atoms with Gasteiger partial charge in [-0.25, -0.2) is 0 Å². The molecule has 58 valence electrons. The molecule has 0 aliphatic carbocycles. The maximum atomic E-state index is 10.1. The van der Waals surface area contributed by atoms with E-state index in [0.717, 1.165) is 0 Å². The maximum absolute atomic E-state index is 10.1. The van der Waals surface area contributed by atoms with E-state index in [0.29, 0.717) is 5.75 Å². The van der Waals surface area contributed by atoms with E-state index in [9.17, 15) is 4.79 Å². The van der Waals surface area contributed by atoms with E-state index >= 15 is 0 Å². The number of aliphatic carboxylic acids is 1. The van der Waals surface area contributed by atoms with Gasteiger partial charge in [-0.05, 0) is 5.41 Å². The Morgan fingerprint density at radius 3 is 2.80 bits per heavy atom. The summed E-state index contributed by atoms with van der Waals surface area (Å²) in [6.07, 6.45) is 1.35. The predicted octanol–water partition coefficient (Wildman–Crippen LogP) is -0.439. The van der Waals surface area contributed by atoms with Gasteiger partial charge in [-0.3, -0.25) is 4.79 Å². The Hall–Kier alpha value is -0.680. The quantitative estimate of drug-likeness (QED) is 0.521. The zero-order valence-electron chi connectivity index (χ0n) is 5.36. The van der Waals surface area contributed by atoms with Crippen LogP contribution in [0.5, 0.6) is 0 Å². The Labute approximate surface area is 63.3 Å². The lowest BCUT2D eigenvalue weighted by Crippen LogP contribution is -2.32. The first kappa shape index (κ1) is 9.32. The molecule has 5 heteroatoms. The van der Waals surface area contributed by atoms with E-state index in [2.05, 4.69) is 0 Å². The molecular weight excluding hydrogens is 152 g/mol. The van der Waals surface area contributed by atoms with Crippen molar-refractivity contribution in [1.29, 1.82) is 0 Å². The molecule has 10 heavy (non-hydrogen) atoms. The molecule has 0 unspecified atom stereocenters. The molecule has 0 aromatic carbocycles. The van der Waals surface area contributed by atoms with E-state index in [1.54, 1.807) is 5.41 Å². The van der Waals surface area contributed by atoms with Crippen LogP contribution in [0.2, 0.25) is 0 Å². The van der Waals surface area contributed by atoms with E-state index in [4.69, 9.17) is 16.6 Å². The van der Waals surface area contributed by atoms with Crippen LogP contribution in [-0.2, 0) is 4.79 Å². The third-order valence-corrected chi connectivity index (χ3v) is 1.67. The molecule has 0 bridgehead atoms. The zero-order valence-corrected chi connectivity index (χ0v) is 6.17. The Kier molecular flexibility index (Phi) is 4.78. The third kappa shape index (κ3) is 4.22. The average Bonchev–Trinajstić information content (AvgIpc) is 1.88. The van der Waals surface area contributed by atoms with Crippen LogP contribution in [0.1, 0.15) is 0 Å². The van der Waals surface area contributed by atoms with Gasteiger partial charge in [0.05, 0.1) is 0 Å². The van der Waals surface area contributed by atoms with Crippen molar-refractivity contribution in [2.75, 3.05) is 5.75 Å². The molecule has 0 saturated heterocycles. The summed E-state index contributed by atoms with van der Waals surface area (Å²) in [4.78, 5) is 10.1. The standard InChI is InChI=1S/C5H10N2O2S/c6-1-2-10-3-4(7)5(8)9/h1-2,4H,3,6-7H2,(H,8,9)/b2-1-/t4-/m0/s1. The van der Waals surface area contributed by atoms with Gasteiger partial charge in [-0.2, -0.15) is 0 Å². The second-order valence-corrected chi connectivity index (χ2v) is 2.55. The van der Waals surface area contributed by atoms with Gasteiger partial charge in [0.25, 0.3) is 0 Å². The molecule has 0 radical (unpaired) electrons. The van der Waals surface area contributed by atoms with Crippen molar-refractivity contribution in [3.63, 3.8) is 0 Å². The lowest BCUT2D eigenvalue weighted by molar-refractivity contribution is -0.137. The first-order valence-electron chi connectivity index (χ1n) is 2.65. The summed E-state index contributed by atoms with van der Waals surface area (Å²) in [5, 5.41) is 9.89. The maximum Gasteiger partial charge on any atom is 0.321 e. The summed E-state index contributed by atoms with van der Waals surface area (Å²) >= 11 is 1.28. The van der Waals surface area contributed by atoms with Gasteiger partial charge in [0.2, 0.25) is 0 Å². The second kappa shape index (κ2) is 5.13. The number of thioether (sulfide) groups is 1. The van der Waals surface area contributed by atoms with Crippen molar-refractivity contribution >= 4 is 17.7 Å². The van der Waals surface area contributed by atoms with Crippen LogP contribution in [0.4, 0.5) is 0 Å². The molecular formula is C5H10N2O2S. The second-order valence-electron chi connectivity index (χ2n) is 1.61. The number of hydrogen-bond donors (Lipinski definition) is 3. The molecule has 0 rings (SSSR count). The van der Waals surface area contributed by atoms with Gasteiger partial charge < -0.3 is 16.6 Å². The summed E-state index contributed by atoms with van der Waals surface area (Å²) in [6.45, 7) is 0. The fraction of sp³-hybridized carbons (Fsp3) is 0.400. The largest absolute Gasteiger partial charge is 0.480 e. The van der Waals surface area contributed by atoms with E-state index in [-0.39, 0.29) is 0 Å². The first-order chi connectivity index (χ1) is 4.68. The monoisotopic (exact) mass is 162 g/mol. The molecule has 0 heterocycles. The Morgan fingerprint density at radius 2 is 2.40 bits per heavy atom. The van der Waals surface area contributed by atoms with Gasteiger partial charge in [-0.15, -0.1) is 11.8 Å². The molecule has 0 amide bonds. The summed E-state index contributed by atoms with van der Waals surface area (Å²) in [6, 6.07) is -0.804. The van der Waals surface area contributed by atoms with Crippen molar-refractivity contribution < 1.29 is 9.90 Å². The van der Waals surface area contributed by atoms with Gasteiger partial charge in [0.1, 0.15) is 6.04 Å². The highest BCUT2D eigenvalue weighted by atomic mass is 32.2. The molecule has 1 atom stereocenters. The van der Waals surface area contributed by atoms with Crippen molar-refractivity contribution in [3.05, 3.63) is 11.6 Å². The lowest BCUT2D eigenvalue weighted by atomic mass is 10.4. The number of carboxylic acid groups (broad SMARTS) is 1. The summed E-state index contributed by atoms with van der Waals surface area (Å²) in [5.41, 5.74) is 10.2. The Morgan fingerprint density at radius 1 is 1.80 bits per heavy atom. The van der Waals surface area contributed by atoms with E-state index < -0.39 is 12.0 Å². The Bertz CT molecular complexity index is 138. The van der Waals surface area contributed by atoms with Crippen molar-refractivity contribution in [2.24, 2.45) is 11.5 Å². The molecule has 0 aromatic heterocycles. The highest BCUT2D eigenvalue weighted by molar-refractivity contribution is 8.02. The van der Waals surface area contributed by atoms with Crippen LogP contribution in [-0.4, -0.2) is 22.9 Å². The number of rotatable bonds is 4. The first-order valence-corrected chi connectivity index (χ1v) is 3.70. The Balaban J connectivity index is 3.39. The van der Waals surface area contributed by atoms with Gasteiger partial charge in [0.15, 0.2) is 0 Å². The lowest BCUT2D eigenvalue weighted by Gasteiger charge is -2.01. The summed E-state index contributed by atoms with van der Waals surface area (Å²) in [7, 11) is 0. The van der Waals surface area contributed by atoms with Crippen molar-refractivity contribution in [2.45, 2.75) is 6.04 Å². The minimum Gasteiger partial charge on any atom is -0.480 e. The minimum atomic E-state index is -0.988. The van der Waals surface area contributed by atoms with E-state index in [1.165, 1.54) is 18.0 Å². The average molecular weight is 162 g/mol. The van der Waals surface area contributed by atoms with E-state index in [1.807, 2.05) is 0 Å². The molecule has 0 saturated carbocycles. The number of carbonyl (C=O) groups is 1. The van der Waals surface area contributed by atoms with Crippen molar-refractivity contribution in [1.82, 2.24) is 0 Å². The normalized spacial score (nSPS) is 13.7. The zero-order chi connectivity index (χ0) is 7.98. The number of nitrogens with two attached hydrogens (primary N) is 2. The molecule has 0 aliphatic heterocycles. The van der Waals surface area contributed by atoms with Gasteiger partial charge >= 0.3 is 5.97 Å². The molecule has 0 fully saturated rings. The van der Waals surface area contributed by atoms with Crippen LogP contribution in [0, 0.1) is 0 Å². The summed E-state index contributed by atoms with van der Waals surface area (Å²) in [5.74, 6) is -0.638. The van der Waals surface area contributed by atoms with Gasteiger partial charge in [0, 0.05) is 12.0 Å². The molecule has 0 spiro atoms. The molecule has 5 N–H and O–H groups in total. The van der Waals surface area contributed by atoms with Crippen molar-refractivity contribution in [3.8, 4) is 0 Å². The number of carboxylic acids is 1. The molecule has 4 nitrogen and oxygen atoms in total. The highest BCUT2D eigenvalue weighted by Gasteiger charge is 2.09. The van der Waals surface area contributed by atoms with Crippen LogP contribution in [0.3, 0.4) is 0 Å². The SMILES string of the molecule is N/C=C\SC[C@H](N)C(=O)O. The van der Waals surface area contributed by atoms with Crippen LogP contribution in [0.15, 0.2) is 11.6 Å². The van der Waals surface area contributed by atoms with Crippen LogP contribution in [0.25, 0.3) is 0 Å². The minimum absolute atomic E-state index is 0.350. The topological polar surface area (TPSA) is 89.3 Å². The molecule has 0 aromatic rings. The fourth-order valence-electron chi connectivity index (χ4n) is 0.286. The van der Waals surface area contributed by atoms with Crippen LogP contribution >= 0.6 is 11.8 Å². The van der Waals surface area contributed by atoms with Crippen LogP contribution < -0.4 is 11.5 Å². The smallest absolute Gasteiger partial charge is 0.321 e.